The Hall–Kier alpha value is -1.46. The maximum absolute atomic E-state index is 11.4. The van der Waals surface area contributed by atoms with E-state index in [9.17, 15) is 18.4 Å². The number of amides is 1. The second-order valence-corrected chi connectivity index (χ2v) is 2.29. The first-order valence-corrected chi connectivity index (χ1v) is 3.34. The molecule has 0 saturated heterocycles. The Labute approximate surface area is 73.8 Å². The molecule has 0 aromatic carbocycles. The van der Waals surface area contributed by atoms with Crippen molar-refractivity contribution in [1.29, 1.82) is 0 Å². The molecule has 0 aliphatic carbocycles. The number of rotatable bonds is 2. The average Bonchev–Trinajstić information content (AvgIpc) is 2.02. The Morgan fingerprint density at radius 3 is 2.31 bits per heavy atom. The fourth-order valence-corrected chi connectivity index (χ4v) is 0.425. The summed E-state index contributed by atoms with van der Waals surface area (Å²) in [6.45, 7) is -0.596. The molecule has 0 aromatic heterocycles. The van der Waals surface area contributed by atoms with Crippen LogP contribution >= 0.6 is 0 Å². The van der Waals surface area contributed by atoms with E-state index in [1.54, 1.807) is 0 Å². The molecule has 0 unspecified atom stereocenters. The maximum atomic E-state index is 11.4. The van der Waals surface area contributed by atoms with E-state index >= 15 is 0 Å². The first-order chi connectivity index (χ1) is 5.95. The second kappa shape index (κ2) is 5.23. The van der Waals surface area contributed by atoms with Gasteiger partial charge in [0.15, 0.2) is 0 Å². The number of likely N-dealkylation sites (N-methyl/N-ethyl adjacent to an activating group) is 1. The fraction of sp³-hybridized carbons (Fsp3) is 0.429. The Bertz CT molecular complexity index is 234. The van der Waals surface area contributed by atoms with Gasteiger partial charge in [0.1, 0.15) is 6.61 Å². The first kappa shape index (κ1) is 11.5. The van der Waals surface area contributed by atoms with Gasteiger partial charge in [0.05, 0.1) is 0 Å². The number of carbonyl (C=O) groups is 2. The molecule has 74 valence electrons. The summed E-state index contributed by atoms with van der Waals surface area (Å²) in [6, 6.07) is 0. The van der Waals surface area contributed by atoms with Crippen LogP contribution in [0.3, 0.4) is 0 Å². The predicted octanol–water partition coefficient (Wildman–Crippen LogP) is 0.398. The molecule has 0 bridgehead atoms. The molecule has 1 amide bonds. The third-order valence-electron chi connectivity index (χ3n) is 1.03. The van der Waals surface area contributed by atoms with Crippen LogP contribution in [-0.4, -0.2) is 37.5 Å². The predicted molar refractivity (Wildman–Crippen MR) is 40.0 cm³/mol. The highest BCUT2D eigenvalue weighted by Crippen LogP contribution is 1.96. The van der Waals surface area contributed by atoms with Crippen LogP contribution in [0.15, 0.2) is 12.2 Å². The highest BCUT2D eigenvalue weighted by Gasteiger charge is 2.16. The molecule has 0 atom stereocenters. The van der Waals surface area contributed by atoms with E-state index in [0.29, 0.717) is 6.08 Å². The maximum Gasteiger partial charge on any atom is 0.397 e. The Balaban J connectivity index is 3.89. The van der Waals surface area contributed by atoms with Gasteiger partial charge in [0.25, 0.3) is 6.08 Å². The summed E-state index contributed by atoms with van der Waals surface area (Å²) in [4.78, 5) is 22.4. The number of ether oxygens (including phenoxy) is 1. The molecule has 0 aromatic rings. The van der Waals surface area contributed by atoms with Gasteiger partial charge in [-0.3, -0.25) is 4.79 Å². The van der Waals surface area contributed by atoms with Gasteiger partial charge in [-0.15, -0.1) is 0 Å². The highest BCUT2D eigenvalue weighted by atomic mass is 19.3. The van der Waals surface area contributed by atoms with E-state index in [-0.39, 0.29) is 0 Å². The van der Waals surface area contributed by atoms with Crippen molar-refractivity contribution in [1.82, 2.24) is 4.90 Å². The van der Waals surface area contributed by atoms with E-state index in [4.69, 9.17) is 0 Å². The van der Waals surface area contributed by atoms with Gasteiger partial charge in [-0.25, -0.2) is 4.79 Å². The molecule has 0 spiro atoms. The lowest BCUT2D eigenvalue weighted by atomic mass is 10.5. The SMILES string of the molecule is CN(C)C(=O)C(=O)OCC=C(F)F. The van der Waals surface area contributed by atoms with Crippen LogP contribution in [0.2, 0.25) is 0 Å². The van der Waals surface area contributed by atoms with E-state index < -0.39 is 24.6 Å². The summed E-state index contributed by atoms with van der Waals surface area (Å²) in [5.41, 5.74) is 0. The molecule has 0 saturated carbocycles. The molecule has 0 heterocycles. The summed E-state index contributed by atoms with van der Waals surface area (Å²) in [7, 11) is 2.71. The van der Waals surface area contributed by atoms with Crippen LogP contribution < -0.4 is 0 Å². The largest absolute Gasteiger partial charge is 0.454 e. The topological polar surface area (TPSA) is 46.6 Å². The molecule has 0 aliphatic heterocycles. The van der Waals surface area contributed by atoms with Crippen molar-refractivity contribution in [3.63, 3.8) is 0 Å². The minimum Gasteiger partial charge on any atom is -0.454 e. The van der Waals surface area contributed by atoms with Crippen LogP contribution in [0.4, 0.5) is 8.78 Å². The average molecular weight is 193 g/mol. The van der Waals surface area contributed by atoms with Crippen molar-refractivity contribution in [3.05, 3.63) is 12.2 Å². The summed E-state index contributed by atoms with van der Waals surface area (Å²) in [5.74, 6) is -2.03. The van der Waals surface area contributed by atoms with Gasteiger partial charge in [-0.2, -0.15) is 8.78 Å². The normalized spacial score (nSPS) is 8.92. The highest BCUT2D eigenvalue weighted by molar-refractivity contribution is 6.32. The Kier molecular flexibility index (Phi) is 4.64. The first-order valence-electron chi connectivity index (χ1n) is 3.34. The second-order valence-electron chi connectivity index (χ2n) is 2.29. The molecular formula is C7H9F2NO3. The van der Waals surface area contributed by atoms with E-state index in [1.165, 1.54) is 14.1 Å². The van der Waals surface area contributed by atoms with Crippen LogP contribution in [0, 0.1) is 0 Å². The monoisotopic (exact) mass is 193 g/mol. The number of nitrogens with zero attached hydrogens (tertiary/aromatic N) is 1. The summed E-state index contributed by atoms with van der Waals surface area (Å²) in [6.07, 6.45) is -1.55. The summed E-state index contributed by atoms with van der Waals surface area (Å²) >= 11 is 0. The van der Waals surface area contributed by atoms with Crippen LogP contribution in [-0.2, 0) is 14.3 Å². The van der Waals surface area contributed by atoms with Crippen molar-refractivity contribution < 1.29 is 23.1 Å². The molecule has 13 heavy (non-hydrogen) atoms. The van der Waals surface area contributed by atoms with Gasteiger partial charge >= 0.3 is 11.9 Å². The minimum absolute atomic E-state index is 0.404. The van der Waals surface area contributed by atoms with Crippen molar-refractivity contribution in [2.75, 3.05) is 20.7 Å². The zero-order valence-electron chi connectivity index (χ0n) is 7.21. The molecule has 6 heteroatoms. The van der Waals surface area contributed by atoms with Crippen molar-refractivity contribution in [3.8, 4) is 0 Å². The molecule has 0 N–H and O–H groups in total. The molecule has 4 nitrogen and oxygen atoms in total. The standard InChI is InChI=1S/C7H9F2NO3/c1-10(2)6(11)7(12)13-4-3-5(8)9/h3H,4H2,1-2H3. The lowest BCUT2D eigenvalue weighted by Gasteiger charge is -2.07. The van der Waals surface area contributed by atoms with Gasteiger partial charge in [-0.1, -0.05) is 0 Å². The molecular weight excluding hydrogens is 184 g/mol. The quantitative estimate of drug-likeness (QED) is 0.471. The number of halogens is 2. The van der Waals surface area contributed by atoms with Gasteiger partial charge in [-0.05, 0) is 0 Å². The number of hydrogen-bond donors (Lipinski definition) is 0. The zero-order chi connectivity index (χ0) is 10.4. The molecule has 0 fully saturated rings. The van der Waals surface area contributed by atoms with Crippen molar-refractivity contribution in [2.24, 2.45) is 0 Å². The van der Waals surface area contributed by atoms with Gasteiger partial charge < -0.3 is 9.64 Å². The number of hydrogen-bond acceptors (Lipinski definition) is 3. The van der Waals surface area contributed by atoms with E-state index in [2.05, 4.69) is 4.74 Å². The lowest BCUT2D eigenvalue weighted by molar-refractivity contribution is -0.158. The minimum atomic E-state index is -1.95. The van der Waals surface area contributed by atoms with Gasteiger partial charge in [0.2, 0.25) is 0 Å². The smallest absolute Gasteiger partial charge is 0.397 e. The van der Waals surface area contributed by atoms with Gasteiger partial charge in [0, 0.05) is 20.2 Å². The van der Waals surface area contributed by atoms with E-state index in [0.717, 1.165) is 4.90 Å². The molecule has 0 radical (unpaired) electrons. The van der Waals surface area contributed by atoms with Crippen LogP contribution in [0.25, 0.3) is 0 Å². The summed E-state index contributed by atoms with van der Waals surface area (Å²) < 4.78 is 27.0. The number of esters is 1. The third kappa shape index (κ3) is 4.89. The van der Waals surface area contributed by atoms with Crippen molar-refractivity contribution in [2.45, 2.75) is 0 Å². The Morgan fingerprint density at radius 1 is 1.38 bits per heavy atom. The Morgan fingerprint density at radius 2 is 1.92 bits per heavy atom. The van der Waals surface area contributed by atoms with Crippen LogP contribution in [0.5, 0.6) is 0 Å². The van der Waals surface area contributed by atoms with Crippen molar-refractivity contribution >= 4 is 11.9 Å². The fourth-order valence-electron chi connectivity index (χ4n) is 0.425. The molecule has 0 rings (SSSR count). The molecule has 0 aliphatic rings. The zero-order valence-corrected chi connectivity index (χ0v) is 7.21. The third-order valence-corrected chi connectivity index (χ3v) is 1.03. The lowest BCUT2D eigenvalue weighted by Crippen LogP contribution is -2.31. The van der Waals surface area contributed by atoms with E-state index in [1.807, 2.05) is 0 Å². The number of carbonyl (C=O) groups excluding carboxylic acids is 2. The van der Waals surface area contributed by atoms with Crippen LogP contribution in [0.1, 0.15) is 0 Å². The summed E-state index contributed by atoms with van der Waals surface area (Å²) in [5, 5.41) is 0.